The highest BCUT2D eigenvalue weighted by Crippen LogP contribution is 2.37. The average Bonchev–Trinajstić information content (AvgIpc) is 3.25. The SMILES string of the molecule is Cc1ncnc2c1ccn2[C@@H]1C[C@H](Oc2cccc3c2CN[C@@H](C)C3)[C@@H](O)[C@H]1O. The summed E-state index contributed by atoms with van der Waals surface area (Å²) in [7, 11) is 0. The number of fused-ring (bicyclic) bond motifs is 2. The van der Waals surface area contributed by atoms with E-state index < -0.39 is 18.3 Å². The Balaban J connectivity index is 1.42. The van der Waals surface area contributed by atoms with Crippen molar-refractivity contribution in [1.29, 1.82) is 0 Å². The fraction of sp³-hybridized carbons (Fsp3) is 0.455. The van der Waals surface area contributed by atoms with Gasteiger partial charge in [-0.25, -0.2) is 9.97 Å². The second-order valence-electron chi connectivity index (χ2n) is 8.24. The topological polar surface area (TPSA) is 92.4 Å². The molecule has 29 heavy (non-hydrogen) atoms. The van der Waals surface area contributed by atoms with Crippen molar-refractivity contribution in [2.75, 3.05) is 0 Å². The molecule has 0 spiro atoms. The average molecular weight is 394 g/mol. The molecule has 152 valence electrons. The van der Waals surface area contributed by atoms with E-state index >= 15 is 0 Å². The van der Waals surface area contributed by atoms with Gasteiger partial charge in [0.05, 0.1) is 11.7 Å². The number of aliphatic hydroxyl groups excluding tert-OH is 2. The van der Waals surface area contributed by atoms with E-state index in [2.05, 4.69) is 28.3 Å². The molecule has 5 rings (SSSR count). The van der Waals surface area contributed by atoms with Gasteiger partial charge in [-0.05, 0) is 38.0 Å². The van der Waals surface area contributed by atoms with Crippen LogP contribution in [-0.4, -0.2) is 49.1 Å². The van der Waals surface area contributed by atoms with Crippen LogP contribution in [0, 0.1) is 6.92 Å². The number of hydrogen-bond acceptors (Lipinski definition) is 6. The number of hydrogen-bond donors (Lipinski definition) is 3. The maximum absolute atomic E-state index is 10.8. The minimum Gasteiger partial charge on any atom is -0.487 e. The lowest BCUT2D eigenvalue weighted by atomic mass is 9.96. The Morgan fingerprint density at radius 1 is 1.17 bits per heavy atom. The first-order chi connectivity index (χ1) is 14.0. The zero-order valence-corrected chi connectivity index (χ0v) is 16.6. The number of ether oxygens (including phenoxy) is 1. The van der Waals surface area contributed by atoms with Crippen LogP contribution >= 0.6 is 0 Å². The molecule has 3 N–H and O–H groups in total. The van der Waals surface area contributed by atoms with E-state index in [9.17, 15) is 10.2 Å². The van der Waals surface area contributed by atoms with Crippen molar-refractivity contribution in [3.05, 3.63) is 53.6 Å². The lowest BCUT2D eigenvalue weighted by Crippen LogP contribution is -2.36. The van der Waals surface area contributed by atoms with Crippen LogP contribution in [0.5, 0.6) is 5.75 Å². The molecule has 2 aromatic heterocycles. The number of nitrogens with one attached hydrogen (secondary N) is 1. The van der Waals surface area contributed by atoms with E-state index in [-0.39, 0.29) is 6.04 Å². The van der Waals surface area contributed by atoms with Crippen molar-refractivity contribution in [2.24, 2.45) is 0 Å². The molecule has 5 atom stereocenters. The Morgan fingerprint density at radius 3 is 2.90 bits per heavy atom. The monoisotopic (exact) mass is 394 g/mol. The number of rotatable bonds is 3. The van der Waals surface area contributed by atoms with Gasteiger partial charge in [-0.2, -0.15) is 0 Å². The van der Waals surface area contributed by atoms with Gasteiger partial charge >= 0.3 is 0 Å². The summed E-state index contributed by atoms with van der Waals surface area (Å²) in [6.07, 6.45) is 2.52. The van der Waals surface area contributed by atoms with Gasteiger partial charge in [0.1, 0.15) is 36.0 Å². The summed E-state index contributed by atoms with van der Waals surface area (Å²) in [6.45, 7) is 4.86. The largest absolute Gasteiger partial charge is 0.487 e. The third kappa shape index (κ3) is 3.10. The number of aryl methyl sites for hydroxylation is 1. The number of aromatic nitrogens is 3. The van der Waals surface area contributed by atoms with Gasteiger partial charge in [0.2, 0.25) is 0 Å². The molecule has 0 amide bonds. The normalized spacial score (nSPS) is 29.2. The summed E-state index contributed by atoms with van der Waals surface area (Å²) in [5.74, 6) is 0.786. The smallest absolute Gasteiger partial charge is 0.143 e. The predicted octanol–water partition coefficient (Wildman–Crippen LogP) is 1.89. The van der Waals surface area contributed by atoms with E-state index in [4.69, 9.17) is 4.74 Å². The van der Waals surface area contributed by atoms with E-state index in [0.717, 1.165) is 41.0 Å². The Labute approximate surface area is 169 Å². The maximum atomic E-state index is 10.8. The molecule has 7 nitrogen and oxygen atoms in total. The van der Waals surface area contributed by atoms with E-state index in [1.54, 1.807) is 0 Å². The summed E-state index contributed by atoms with van der Waals surface area (Å²) in [5.41, 5.74) is 4.09. The second kappa shape index (κ2) is 7.09. The summed E-state index contributed by atoms with van der Waals surface area (Å²) in [5, 5.41) is 25.9. The van der Waals surface area contributed by atoms with Gasteiger partial charge < -0.3 is 24.8 Å². The lowest BCUT2D eigenvalue weighted by molar-refractivity contribution is -0.0166. The molecule has 0 bridgehead atoms. The molecule has 1 aromatic carbocycles. The van der Waals surface area contributed by atoms with E-state index in [0.29, 0.717) is 12.5 Å². The molecule has 0 radical (unpaired) electrons. The van der Waals surface area contributed by atoms with Crippen molar-refractivity contribution < 1.29 is 14.9 Å². The molecule has 1 aliphatic heterocycles. The Bertz CT molecular complexity index is 1050. The van der Waals surface area contributed by atoms with Gasteiger partial charge in [-0.15, -0.1) is 0 Å². The van der Waals surface area contributed by atoms with Gasteiger partial charge in [0, 0.05) is 36.2 Å². The highest BCUT2D eigenvalue weighted by atomic mass is 16.5. The number of nitrogens with zero attached hydrogens (tertiary/aromatic N) is 3. The summed E-state index contributed by atoms with van der Waals surface area (Å²) in [6, 6.07) is 8.17. The van der Waals surface area contributed by atoms with Crippen molar-refractivity contribution in [3.63, 3.8) is 0 Å². The molecule has 1 saturated carbocycles. The van der Waals surface area contributed by atoms with Crippen LogP contribution in [0.15, 0.2) is 36.8 Å². The quantitative estimate of drug-likeness (QED) is 0.628. The number of aliphatic hydroxyl groups is 2. The number of benzene rings is 1. The van der Waals surface area contributed by atoms with Crippen LogP contribution in [0.25, 0.3) is 11.0 Å². The summed E-state index contributed by atoms with van der Waals surface area (Å²) in [4.78, 5) is 8.62. The molecule has 0 saturated heterocycles. The van der Waals surface area contributed by atoms with Crippen molar-refractivity contribution in [1.82, 2.24) is 19.9 Å². The summed E-state index contributed by atoms with van der Waals surface area (Å²) >= 11 is 0. The van der Waals surface area contributed by atoms with Crippen LogP contribution < -0.4 is 10.1 Å². The molecule has 2 aliphatic rings. The third-order valence-electron chi connectivity index (χ3n) is 6.33. The Hall–Kier alpha value is -2.48. The van der Waals surface area contributed by atoms with Crippen LogP contribution in [0.1, 0.15) is 36.2 Å². The second-order valence-corrected chi connectivity index (χ2v) is 8.24. The highest BCUT2D eigenvalue weighted by Gasteiger charge is 2.44. The Kier molecular flexibility index (Phi) is 4.53. The van der Waals surface area contributed by atoms with Crippen molar-refractivity contribution >= 4 is 11.0 Å². The van der Waals surface area contributed by atoms with Gasteiger partial charge in [-0.1, -0.05) is 12.1 Å². The van der Waals surface area contributed by atoms with Gasteiger partial charge in [-0.3, -0.25) is 0 Å². The zero-order chi connectivity index (χ0) is 20.1. The third-order valence-corrected chi connectivity index (χ3v) is 6.33. The minimum atomic E-state index is -0.966. The predicted molar refractivity (Wildman–Crippen MR) is 109 cm³/mol. The molecule has 0 unspecified atom stereocenters. The molecular formula is C22H26N4O3. The lowest BCUT2D eigenvalue weighted by Gasteiger charge is -2.27. The first kappa shape index (κ1) is 18.5. The maximum Gasteiger partial charge on any atom is 0.143 e. The molecular weight excluding hydrogens is 368 g/mol. The van der Waals surface area contributed by atoms with Crippen molar-refractivity contribution in [3.8, 4) is 5.75 Å². The zero-order valence-electron chi connectivity index (χ0n) is 16.6. The Morgan fingerprint density at radius 2 is 2.03 bits per heavy atom. The van der Waals surface area contributed by atoms with Crippen LogP contribution in [0.2, 0.25) is 0 Å². The van der Waals surface area contributed by atoms with Crippen LogP contribution in [0.4, 0.5) is 0 Å². The first-order valence-corrected chi connectivity index (χ1v) is 10.2. The van der Waals surface area contributed by atoms with Crippen molar-refractivity contribution in [2.45, 2.75) is 63.6 Å². The van der Waals surface area contributed by atoms with E-state index in [1.165, 1.54) is 11.9 Å². The molecule has 7 heteroatoms. The van der Waals surface area contributed by atoms with Gasteiger partial charge in [0.25, 0.3) is 0 Å². The van der Waals surface area contributed by atoms with Crippen LogP contribution in [-0.2, 0) is 13.0 Å². The summed E-state index contributed by atoms with van der Waals surface area (Å²) < 4.78 is 8.20. The minimum absolute atomic E-state index is 0.306. The molecule has 3 aromatic rings. The highest BCUT2D eigenvalue weighted by molar-refractivity contribution is 5.78. The fourth-order valence-electron chi connectivity index (χ4n) is 4.68. The fourth-order valence-corrected chi connectivity index (χ4v) is 4.68. The standard InChI is InChI=1S/C22H26N4O3/c1-12-8-14-4-3-5-18(16(14)10-23-12)29-19-9-17(20(27)21(19)28)26-7-6-15-13(2)24-11-25-22(15)26/h3-7,11-12,17,19-21,23,27-28H,8-10H2,1-2H3/t12-,17+,19-,20-,21+/m0/s1. The molecule has 3 heterocycles. The first-order valence-electron chi connectivity index (χ1n) is 10.2. The molecule has 1 fully saturated rings. The van der Waals surface area contributed by atoms with E-state index in [1.807, 2.05) is 35.9 Å². The van der Waals surface area contributed by atoms with Crippen LogP contribution in [0.3, 0.4) is 0 Å². The molecule has 1 aliphatic carbocycles. The van der Waals surface area contributed by atoms with Gasteiger partial charge in [0.15, 0.2) is 0 Å².